The zero-order chi connectivity index (χ0) is 32.0. The Labute approximate surface area is 237 Å². The lowest BCUT2D eigenvalue weighted by Gasteiger charge is -2.30. The van der Waals surface area contributed by atoms with Crippen molar-refractivity contribution in [3.05, 3.63) is 82.4 Å². The summed E-state index contributed by atoms with van der Waals surface area (Å²) in [5.74, 6) is -1.15. The molecule has 1 aliphatic rings. The molecule has 15 heteroatoms. The molecule has 0 fully saturated rings. The maximum Gasteiger partial charge on any atom is 0.435 e. The fourth-order valence-electron chi connectivity index (χ4n) is 4.61. The van der Waals surface area contributed by atoms with E-state index in [-0.39, 0.29) is 52.7 Å². The Balaban J connectivity index is 1.75. The molecule has 2 amide bonds. The predicted molar refractivity (Wildman–Crippen MR) is 136 cm³/mol. The molecule has 1 aliphatic heterocycles. The summed E-state index contributed by atoms with van der Waals surface area (Å²) in [7, 11) is 0. The molecule has 4 rings (SSSR count). The Morgan fingerprint density at radius 1 is 0.884 bits per heavy atom. The van der Waals surface area contributed by atoms with Gasteiger partial charge in [0.25, 0.3) is 11.5 Å². The summed E-state index contributed by atoms with van der Waals surface area (Å²) in [6.45, 7) is 3.08. The van der Waals surface area contributed by atoms with Gasteiger partial charge in [0.1, 0.15) is 0 Å². The first-order valence-electron chi connectivity index (χ1n) is 12.5. The van der Waals surface area contributed by atoms with Crippen molar-refractivity contribution >= 4 is 28.3 Å². The van der Waals surface area contributed by atoms with E-state index in [4.69, 9.17) is 4.84 Å². The fourth-order valence-corrected chi connectivity index (χ4v) is 4.61. The monoisotopic (exact) mass is 619 g/mol. The van der Waals surface area contributed by atoms with E-state index in [0.29, 0.717) is 0 Å². The summed E-state index contributed by atoms with van der Waals surface area (Å²) >= 11 is 0. The van der Waals surface area contributed by atoms with Crippen LogP contribution in [0.4, 0.5) is 39.5 Å². The molecule has 0 spiro atoms. The molecule has 0 aliphatic carbocycles. The summed E-state index contributed by atoms with van der Waals surface area (Å²) in [5.41, 5.74) is -9.37. The van der Waals surface area contributed by atoms with Crippen LogP contribution in [0.25, 0.3) is 10.8 Å². The third-order valence-corrected chi connectivity index (χ3v) is 6.58. The van der Waals surface area contributed by atoms with Gasteiger partial charge in [0, 0.05) is 29.2 Å². The summed E-state index contributed by atoms with van der Waals surface area (Å²) < 4.78 is 124. The Morgan fingerprint density at radius 2 is 1.47 bits per heavy atom. The van der Waals surface area contributed by atoms with E-state index in [1.807, 2.05) is 0 Å². The van der Waals surface area contributed by atoms with Crippen LogP contribution in [0.5, 0.6) is 0 Å². The fraction of sp³-hybridized carbons (Fsp3) is 0.321. The minimum Gasteiger partial charge on any atom is -0.374 e. The van der Waals surface area contributed by atoms with Crippen LogP contribution < -0.4 is 10.6 Å². The number of alkyl halides is 9. The lowest BCUT2D eigenvalue weighted by Crippen LogP contribution is -2.43. The first kappa shape index (κ1) is 31.6. The van der Waals surface area contributed by atoms with E-state index in [2.05, 4.69) is 15.8 Å². The van der Waals surface area contributed by atoms with Gasteiger partial charge >= 0.3 is 18.5 Å². The molecule has 3 aromatic rings. The molecule has 0 saturated heterocycles. The van der Waals surface area contributed by atoms with Gasteiger partial charge in [-0.25, -0.2) is 0 Å². The molecular formula is C28H22F9N3O3. The van der Waals surface area contributed by atoms with Crippen molar-refractivity contribution < 1.29 is 53.9 Å². The van der Waals surface area contributed by atoms with Crippen LogP contribution in [0.15, 0.2) is 59.8 Å². The lowest BCUT2D eigenvalue weighted by atomic mass is 9.83. The Bertz CT molecular complexity index is 1560. The second-order valence-electron chi connectivity index (χ2n) is 10.0. The molecule has 1 heterocycles. The number of hydrogen-bond acceptors (Lipinski definition) is 4. The van der Waals surface area contributed by atoms with Crippen molar-refractivity contribution in [2.45, 2.75) is 50.4 Å². The first-order chi connectivity index (χ1) is 19.8. The Hall–Kier alpha value is -4.30. The topological polar surface area (TPSA) is 79.8 Å². The largest absolute Gasteiger partial charge is 0.435 e. The van der Waals surface area contributed by atoms with Gasteiger partial charge in [-0.15, -0.1) is 0 Å². The Kier molecular flexibility index (Phi) is 8.15. The number of nitrogens with one attached hydrogen (secondary N) is 2. The summed E-state index contributed by atoms with van der Waals surface area (Å²) in [6, 6.07) is 7.87. The van der Waals surface area contributed by atoms with Gasteiger partial charge in [-0.2, -0.15) is 39.5 Å². The number of hydrogen-bond donors (Lipinski definition) is 2. The second-order valence-corrected chi connectivity index (χ2v) is 10.0. The molecule has 1 atom stereocenters. The summed E-state index contributed by atoms with van der Waals surface area (Å²) in [4.78, 5) is 29.5. The minimum atomic E-state index is -5.50. The van der Waals surface area contributed by atoms with Gasteiger partial charge in [-0.05, 0) is 48.9 Å². The number of halogens is 9. The number of fused-ring (bicyclic) bond motifs is 1. The van der Waals surface area contributed by atoms with Crippen LogP contribution >= 0.6 is 0 Å². The van der Waals surface area contributed by atoms with Crippen LogP contribution in [-0.4, -0.2) is 36.3 Å². The number of amides is 2. The van der Waals surface area contributed by atoms with Crippen molar-refractivity contribution in [1.82, 2.24) is 10.6 Å². The lowest BCUT2D eigenvalue weighted by molar-refractivity contribution is -0.276. The molecule has 0 radical (unpaired) electrons. The molecule has 43 heavy (non-hydrogen) atoms. The Morgan fingerprint density at radius 3 is 2.00 bits per heavy atom. The van der Waals surface area contributed by atoms with E-state index >= 15 is 0 Å². The van der Waals surface area contributed by atoms with Gasteiger partial charge in [0.05, 0.1) is 23.4 Å². The van der Waals surface area contributed by atoms with E-state index in [1.54, 1.807) is 13.8 Å². The van der Waals surface area contributed by atoms with E-state index < -0.39 is 64.8 Å². The smallest absolute Gasteiger partial charge is 0.374 e. The number of benzene rings is 3. The third-order valence-electron chi connectivity index (χ3n) is 6.58. The molecule has 1 unspecified atom stereocenters. The highest BCUT2D eigenvalue weighted by atomic mass is 19.4. The normalized spacial score (nSPS) is 17.5. The molecule has 0 bridgehead atoms. The standard InChI is InChI=1S/C28H22F9N3O3/c1-14(2)39-23(41)13-38-24(42)21-8-7-20(18-5-3-4-6-19(18)21)22-12-25(43-40-22,28(35,36)37)15-9-16(26(29,30)31)11-17(10-15)27(32,33)34/h3-11,14H,12-13H2,1-2H3,(H,38,42)(H,39,41). The summed E-state index contributed by atoms with van der Waals surface area (Å²) in [5, 5.41) is 8.93. The maximum atomic E-state index is 14.5. The average molecular weight is 619 g/mol. The molecule has 230 valence electrons. The number of nitrogens with zero attached hydrogens (tertiary/aromatic N) is 1. The van der Waals surface area contributed by atoms with E-state index in [9.17, 15) is 49.1 Å². The van der Waals surface area contributed by atoms with Gasteiger partial charge < -0.3 is 15.5 Å². The SMILES string of the molecule is CC(C)NC(=O)CNC(=O)c1ccc(C2=NOC(c3cc(C(F)(F)F)cc(C(F)(F)F)c3)(C(F)(F)F)C2)c2ccccc12. The minimum absolute atomic E-state index is 0.00107. The number of oxime groups is 1. The number of carbonyl (C=O) groups excluding carboxylic acids is 2. The zero-order valence-corrected chi connectivity index (χ0v) is 22.3. The van der Waals surface area contributed by atoms with Crippen molar-refractivity contribution in [3.63, 3.8) is 0 Å². The van der Waals surface area contributed by atoms with Crippen molar-refractivity contribution in [3.8, 4) is 0 Å². The van der Waals surface area contributed by atoms with Crippen LogP contribution in [0.1, 0.15) is 52.9 Å². The average Bonchev–Trinajstić information content (AvgIpc) is 3.36. The predicted octanol–water partition coefficient (Wildman–Crippen LogP) is 6.71. The summed E-state index contributed by atoms with van der Waals surface area (Å²) in [6.07, 6.45) is -17.6. The molecular weight excluding hydrogens is 597 g/mol. The van der Waals surface area contributed by atoms with Gasteiger partial charge in [0.2, 0.25) is 5.91 Å². The van der Waals surface area contributed by atoms with E-state index in [1.165, 1.54) is 36.4 Å². The number of carbonyl (C=O) groups is 2. The highest BCUT2D eigenvalue weighted by Gasteiger charge is 2.63. The second kappa shape index (κ2) is 11.1. The first-order valence-corrected chi connectivity index (χ1v) is 12.5. The highest BCUT2D eigenvalue weighted by Crippen LogP contribution is 2.51. The molecule has 2 N–H and O–H groups in total. The van der Waals surface area contributed by atoms with Gasteiger partial charge in [-0.3, -0.25) is 9.59 Å². The van der Waals surface area contributed by atoms with Crippen molar-refractivity contribution in [2.24, 2.45) is 5.16 Å². The van der Waals surface area contributed by atoms with Crippen LogP contribution in [-0.2, 0) is 27.6 Å². The molecule has 0 saturated carbocycles. The quantitative estimate of drug-likeness (QED) is 0.301. The van der Waals surface area contributed by atoms with Crippen molar-refractivity contribution in [2.75, 3.05) is 6.54 Å². The van der Waals surface area contributed by atoms with Crippen LogP contribution in [0.2, 0.25) is 0 Å². The van der Waals surface area contributed by atoms with Gasteiger partial charge in [0.15, 0.2) is 0 Å². The third kappa shape index (κ3) is 6.39. The van der Waals surface area contributed by atoms with E-state index in [0.717, 1.165) is 0 Å². The van der Waals surface area contributed by atoms with Crippen LogP contribution in [0.3, 0.4) is 0 Å². The zero-order valence-electron chi connectivity index (χ0n) is 22.3. The number of rotatable bonds is 6. The maximum absolute atomic E-state index is 14.5. The molecule has 3 aromatic carbocycles. The molecule has 0 aromatic heterocycles. The van der Waals surface area contributed by atoms with Crippen molar-refractivity contribution in [1.29, 1.82) is 0 Å². The highest BCUT2D eigenvalue weighted by molar-refractivity contribution is 6.16. The van der Waals surface area contributed by atoms with Gasteiger partial charge in [-0.1, -0.05) is 35.5 Å². The van der Waals surface area contributed by atoms with Crippen LogP contribution in [0, 0.1) is 0 Å². The molecule has 6 nitrogen and oxygen atoms in total.